The van der Waals surface area contributed by atoms with Crippen LogP contribution in [0, 0.1) is 6.07 Å². The molecule has 0 bridgehead atoms. The number of rotatable bonds is 1. The summed E-state index contributed by atoms with van der Waals surface area (Å²) in [6, 6.07) is 22.6. The van der Waals surface area contributed by atoms with Gasteiger partial charge in [0.2, 0.25) is 0 Å². The van der Waals surface area contributed by atoms with Gasteiger partial charge in [0.05, 0.1) is 0 Å². The van der Waals surface area contributed by atoms with E-state index in [1.54, 1.807) is 18.2 Å². The van der Waals surface area contributed by atoms with E-state index in [-0.39, 0.29) is 38.5 Å². The van der Waals surface area contributed by atoms with E-state index in [9.17, 15) is 0 Å². The fraction of sp³-hybridized carbons (Fsp3) is 0.111. The summed E-state index contributed by atoms with van der Waals surface area (Å²) >= 11 is 3.95. The summed E-state index contributed by atoms with van der Waals surface area (Å²) in [5, 5.41) is 11.4. The van der Waals surface area contributed by atoms with Gasteiger partial charge < -0.3 is 5.11 Å². The summed E-state index contributed by atoms with van der Waals surface area (Å²) in [7, 11) is 0. The molecule has 0 heterocycles. The van der Waals surface area contributed by atoms with Crippen LogP contribution in [-0.4, -0.2) is 5.11 Å². The van der Waals surface area contributed by atoms with Crippen molar-refractivity contribution in [2.24, 2.45) is 0 Å². The minimum absolute atomic E-state index is 0. The van der Waals surface area contributed by atoms with Crippen LogP contribution in [0.15, 0.2) is 65.6 Å². The predicted molar refractivity (Wildman–Crippen MR) is 87.5 cm³/mol. The Morgan fingerprint density at radius 2 is 1.81 bits per heavy atom. The Bertz CT molecular complexity index is 676. The maximum atomic E-state index is 8.84. The van der Waals surface area contributed by atoms with Crippen molar-refractivity contribution in [2.45, 2.75) is 18.2 Å². The monoisotopic (exact) mass is 370 g/mol. The number of para-hydroxylation sites is 1. The maximum absolute atomic E-state index is 8.84. The number of benzene rings is 3. The van der Waals surface area contributed by atoms with E-state index in [0.29, 0.717) is 4.90 Å². The van der Waals surface area contributed by atoms with Crippen LogP contribution in [0.25, 0.3) is 10.8 Å². The van der Waals surface area contributed by atoms with Gasteiger partial charge in [-0.05, 0) is 18.6 Å². The number of thiol groups is 1. The molecule has 21 heavy (non-hydrogen) atoms. The zero-order valence-corrected chi connectivity index (χ0v) is 15.7. The Kier molecular flexibility index (Phi) is 8.02. The normalized spacial score (nSPS) is 9.43. The summed E-state index contributed by atoms with van der Waals surface area (Å²) in [6.45, 7) is 2.18. The average molecular weight is 370 g/mol. The molecular formula is C18H17OSY-. The first-order valence-corrected chi connectivity index (χ1v) is 7.01. The van der Waals surface area contributed by atoms with E-state index in [1.807, 2.05) is 18.2 Å². The van der Waals surface area contributed by atoms with Crippen molar-refractivity contribution in [3.05, 3.63) is 72.3 Å². The molecule has 0 spiro atoms. The molecule has 0 aliphatic carbocycles. The van der Waals surface area contributed by atoms with E-state index < -0.39 is 0 Å². The molecule has 3 aromatic rings. The maximum Gasteiger partial charge on any atom is 0.128 e. The van der Waals surface area contributed by atoms with E-state index in [4.69, 9.17) is 5.11 Å². The van der Waals surface area contributed by atoms with E-state index in [2.05, 4.69) is 49.9 Å². The Hall–Kier alpha value is -0.826. The first-order chi connectivity index (χ1) is 9.70. The molecule has 1 radical (unpaired) electrons. The number of hydrogen-bond donors (Lipinski definition) is 2. The number of phenols is 1. The van der Waals surface area contributed by atoms with Gasteiger partial charge in [0, 0.05) is 37.6 Å². The minimum Gasteiger partial charge on any atom is -0.507 e. The third kappa shape index (κ3) is 5.46. The second-order valence-electron chi connectivity index (χ2n) is 4.45. The van der Waals surface area contributed by atoms with Crippen LogP contribution < -0.4 is 0 Å². The second kappa shape index (κ2) is 9.24. The van der Waals surface area contributed by atoms with E-state index in [1.165, 1.54) is 16.3 Å². The molecule has 1 N–H and O–H groups in total. The first kappa shape index (κ1) is 18.2. The van der Waals surface area contributed by atoms with Crippen molar-refractivity contribution in [1.82, 2.24) is 0 Å². The standard InChI is InChI=1S/C12H11.C6H6OS.Y/c1-2-10-7-8-11-5-3-4-6-12(11)9-10;7-5-3-1-2-4-6(5)8;/h4-9H,2H2,1H3;1-4,7-8H;/q-1;;. The summed E-state index contributed by atoms with van der Waals surface area (Å²) in [5.74, 6) is 0.232. The van der Waals surface area contributed by atoms with Crippen molar-refractivity contribution in [3.8, 4) is 5.75 Å². The SMILES string of the molecule is CCc1ccc2c[c-]ccc2c1.Oc1ccccc1S.[Y]. The molecule has 0 atom stereocenters. The van der Waals surface area contributed by atoms with Gasteiger partial charge in [-0.1, -0.05) is 36.8 Å². The quantitative estimate of drug-likeness (QED) is 0.462. The fourth-order valence-electron chi connectivity index (χ4n) is 1.86. The topological polar surface area (TPSA) is 20.2 Å². The number of phenolic OH excluding ortho intramolecular Hbond substituents is 1. The summed E-state index contributed by atoms with van der Waals surface area (Å²) in [6.07, 6.45) is 1.11. The van der Waals surface area contributed by atoms with Crippen LogP contribution >= 0.6 is 12.6 Å². The number of hydrogen-bond acceptors (Lipinski definition) is 2. The van der Waals surface area contributed by atoms with Gasteiger partial charge in [-0.3, -0.25) is 0 Å². The van der Waals surface area contributed by atoms with E-state index in [0.717, 1.165) is 6.42 Å². The van der Waals surface area contributed by atoms with Gasteiger partial charge in [0.15, 0.2) is 0 Å². The fourth-order valence-corrected chi connectivity index (χ4v) is 2.02. The number of aromatic hydroxyl groups is 1. The summed E-state index contributed by atoms with van der Waals surface area (Å²) in [5.41, 5.74) is 1.40. The van der Waals surface area contributed by atoms with Crippen LogP contribution in [0.5, 0.6) is 5.75 Å². The van der Waals surface area contributed by atoms with Gasteiger partial charge in [-0.25, -0.2) is 0 Å². The van der Waals surface area contributed by atoms with Crippen molar-refractivity contribution >= 4 is 23.4 Å². The zero-order chi connectivity index (χ0) is 14.4. The van der Waals surface area contributed by atoms with Crippen molar-refractivity contribution in [3.63, 3.8) is 0 Å². The Labute approximate surface area is 156 Å². The minimum atomic E-state index is 0. The van der Waals surface area contributed by atoms with Crippen LogP contribution in [0.1, 0.15) is 12.5 Å². The van der Waals surface area contributed by atoms with Crippen molar-refractivity contribution in [1.29, 1.82) is 0 Å². The number of fused-ring (bicyclic) bond motifs is 1. The second-order valence-corrected chi connectivity index (χ2v) is 4.93. The molecule has 3 heteroatoms. The molecule has 0 amide bonds. The van der Waals surface area contributed by atoms with Gasteiger partial charge in [-0.2, -0.15) is 24.3 Å². The predicted octanol–water partition coefficient (Wildman–Crippen LogP) is 4.88. The summed E-state index contributed by atoms with van der Waals surface area (Å²) in [4.78, 5) is 0.618. The van der Waals surface area contributed by atoms with Crippen LogP contribution in [0.3, 0.4) is 0 Å². The molecular weight excluding hydrogens is 353 g/mol. The largest absolute Gasteiger partial charge is 0.507 e. The molecule has 105 valence electrons. The molecule has 0 unspecified atom stereocenters. The Morgan fingerprint density at radius 1 is 1.05 bits per heavy atom. The van der Waals surface area contributed by atoms with Crippen LogP contribution in [-0.2, 0) is 39.1 Å². The number of aryl methyl sites for hydroxylation is 1. The average Bonchev–Trinajstić information content (AvgIpc) is 2.50. The van der Waals surface area contributed by atoms with Crippen molar-refractivity contribution < 1.29 is 37.8 Å². The van der Waals surface area contributed by atoms with Gasteiger partial charge in [0.25, 0.3) is 0 Å². The molecule has 0 fully saturated rings. The van der Waals surface area contributed by atoms with Gasteiger partial charge in [0.1, 0.15) is 5.75 Å². The molecule has 3 rings (SSSR count). The molecule has 0 saturated carbocycles. The molecule has 1 nitrogen and oxygen atoms in total. The van der Waals surface area contributed by atoms with E-state index >= 15 is 0 Å². The third-order valence-corrected chi connectivity index (χ3v) is 3.42. The van der Waals surface area contributed by atoms with Gasteiger partial charge >= 0.3 is 0 Å². The van der Waals surface area contributed by atoms with Crippen LogP contribution in [0.4, 0.5) is 0 Å². The molecule has 3 aromatic carbocycles. The molecule has 0 aliphatic rings. The first-order valence-electron chi connectivity index (χ1n) is 6.56. The zero-order valence-electron chi connectivity index (χ0n) is 12.0. The Balaban J connectivity index is 0.000000216. The molecule has 0 aromatic heterocycles. The summed E-state index contributed by atoms with van der Waals surface area (Å²) < 4.78 is 0. The van der Waals surface area contributed by atoms with Crippen molar-refractivity contribution in [2.75, 3.05) is 0 Å². The third-order valence-electron chi connectivity index (χ3n) is 3.04. The molecule has 0 aliphatic heterocycles. The smallest absolute Gasteiger partial charge is 0.128 e. The Morgan fingerprint density at radius 3 is 2.43 bits per heavy atom. The molecule has 0 saturated heterocycles. The van der Waals surface area contributed by atoms with Gasteiger partial charge in [-0.15, -0.1) is 29.5 Å². The van der Waals surface area contributed by atoms with Crippen LogP contribution in [0.2, 0.25) is 0 Å².